The number of rotatable bonds is 4. The van der Waals surface area contributed by atoms with Gasteiger partial charge in [-0.25, -0.2) is 8.42 Å². The summed E-state index contributed by atoms with van der Waals surface area (Å²) in [5, 5.41) is 4.34. The Hall–Kier alpha value is -2.07. The molecule has 7 nitrogen and oxygen atoms in total. The molecule has 2 heterocycles. The zero-order chi connectivity index (χ0) is 20.4. The summed E-state index contributed by atoms with van der Waals surface area (Å²) in [7, 11) is -3.53. The van der Waals surface area contributed by atoms with Gasteiger partial charge in [0.2, 0.25) is 16.8 Å². The topological polar surface area (TPSA) is 71.1 Å². The zero-order valence-corrected chi connectivity index (χ0v) is 17.9. The molecule has 2 aromatic rings. The van der Waals surface area contributed by atoms with E-state index in [2.05, 4.69) is 5.32 Å². The summed E-state index contributed by atoms with van der Waals surface area (Å²) < 4.78 is 37.7. The third-order valence-corrected chi connectivity index (χ3v) is 7.43. The van der Waals surface area contributed by atoms with Crippen LogP contribution in [0.25, 0.3) is 0 Å². The number of halogens is 1. The Labute approximate surface area is 180 Å². The molecule has 0 aromatic heterocycles. The Morgan fingerprint density at radius 2 is 1.72 bits per heavy atom. The molecule has 154 valence electrons. The number of benzene rings is 2. The van der Waals surface area contributed by atoms with Gasteiger partial charge in [-0.15, -0.1) is 0 Å². The maximum atomic E-state index is 12.8. The van der Waals surface area contributed by atoms with Crippen LogP contribution in [-0.4, -0.2) is 55.7 Å². The second-order valence-electron chi connectivity index (χ2n) is 6.69. The van der Waals surface area contributed by atoms with Gasteiger partial charge in [0.25, 0.3) is 0 Å². The van der Waals surface area contributed by atoms with Crippen LogP contribution in [0.3, 0.4) is 0 Å². The van der Waals surface area contributed by atoms with Crippen LogP contribution in [0, 0.1) is 0 Å². The van der Waals surface area contributed by atoms with Gasteiger partial charge in [-0.1, -0.05) is 17.7 Å². The Balaban J connectivity index is 1.31. The van der Waals surface area contributed by atoms with E-state index in [4.69, 9.17) is 33.3 Å². The van der Waals surface area contributed by atoms with E-state index in [1.807, 2.05) is 23.1 Å². The lowest BCUT2D eigenvalue weighted by Gasteiger charge is -2.35. The molecule has 4 rings (SSSR count). The van der Waals surface area contributed by atoms with Crippen LogP contribution in [0.1, 0.15) is 5.56 Å². The highest BCUT2D eigenvalue weighted by Crippen LogP contribution is 2.32. The van der Waals surface area contributed by atoms with Crippen molar-refractivity contribution in [3.8, 4) is 11.5 Å². The Morgan fingerprint density at radius 3 is 2.45 bits per heavy atom. The lowest BCUT2D eigenvalue weighted by atomic mass is 10.2. The highest BCUT2D eigenvalue weighted by molar-refractivity contribution is 7.89. The number of piperazine rings is 1. The van der Waals surface area contributed by atoms with Crippen molar-refractivity contribution in [2.45, 2.75) is 11.4 Å². The standard InChI is InChI=1S/C19H20ClN3O4S2/c20-15-2-4-16(5-3-15)29(24,25)23-9-7-22(8-10-23)19(28)21-12-14-1-6-17-18(11-14)27-13-26-17/h1-6,11H,7-10,12-13H2,(H,21,28). The maximum absolute atomic E-state index is 12.8. The van der Waals surface area contributed by atoms with Gasteiger partial charge in [-0.3, -0.25) is 0 Å². The van der Waals surface area contributed by atoms with Crippen LogP contribution in [0.4, 0.5) is 0 Å². The maximum Gasteiger partial charge on any atom is 0.243 e. The molecule has 0 aliphatic carbocycles. The highest BCUT2D eigenvalue weighted by Gasteiger charge is 2.29. The molecule has 1 saturated heterocycles. The molecule has 0 saturated carbocycles. The fourth-order valence-electron chi connectivity index (χ4n) is 3.23. The number of thiocarbonyl (C=S) groups is 1. The average molecular weight is 454 g/mol. The minimum absolute atomic E-state index is 0.244. The highest BCUT2D eigenvalue weighted by atomic mass is 35.5. The lowest BCUT2D eigenvalue weighted by molar-refractivity contribution is 0.174. The van der Waals surface area contributed by atoms with Crippen molar-refractivity contribution in [1.82, 2.24) is 14.5 Å². The molecular weight excluding hydrogens is 434 g/mol. The molecule has 0 amide bonds. The normalized spacial score (nSPS) is 16.7. The zero-order valence-electron chi connectivity index (χ0n) is 15.5. The molecule has 0 atom stereocenters. The molecule has 0 radical (unpaired) electrons. The van der Waals surface area contributed by atoms with E-state index in [0.29, 0.717) is 42.9 Å². The van der Waals surface area contributed by atoms with Gasteiger partial charge >= 0.3 is 0 Å². The van der Waals surface area contributed by atoms with Crippen molar-refractivity contribution in [1.29, 1.82) is 0 Å². The summed E-state index contributed by atoms with van der Waals surface area (Å²) in [4.78, 5) is 2.23. The van der Waals surface area contributed by atoms with Crippen molar-refractivity contribution >= 4 is 39.0 Å². The van der Waals surface area contributed by atoms with Gasteiger partial charge < -0.3 is 19.7 Å². The molecule has 29 heavy (non-hydrogen) atoms. The van der Waals surface area contributed by atoms with Crippen LogP contribution in [0.5, 0.6) is 11.5 Å². The van der Waals surface area contributed by atoms with Gasteiger partial charge in [0.05, 0.1) is 4.90 Å². The summed E-state index contributed by atoms with van der Waals surface area (Å²) in [5.41, 5.74) is 1.03. The van der Waals surface area contributed by atoms with Crippen LogP contribution < -0.4 is 14.8 Å². The van der Waals surface area contributed by atoms with E-state index in [0.717, 1.165) is 17.1 Å². The van der Waals surface area contributed by atoms with E-state index in [-0.39, 0.29) is 11.7 Å². The molecule has 1 N–H and O–H groups in total. The van der Waals surface area contributed by atoms with E-state index in [1.165, 1.54) is 16.4 Å². The lowest BCUT2D eigenvalue weighted by Crippen LogP contribution is -2.52. The minimum Gasteiger partial charge on any atom is -0.454 e. The molecule has 0 spiro atoms. The number of ether oxygens (including phenoxy) is 2. The first-order valence-corrected chi connectivity index (χ1v) is 11.3. The van der Waals surface area contributed by atoms with E-state index >= 15 is 0 Å². The summed E-state index contributed by atoms with van der Waals surface area (Å²) in [6.45, 7) is 2.60. The summed E-state index contributed by atoms with van der Waals surface area (Å²) in [5.74, 6) is 1.48. The number of fused-ring (bicyclic) bond motifs is 1. The summed E-state index contributed by atoms with van der Waals surface area (Å²) in [6, 6.07) is 12.0. The van der Waals surface area contributed by atoms with E-state index in [9.17, 15) is 8.42 Å². The second-order valence-corrected chi connectivity index (χ2v) is 9.45. The van der Waals surface area contributed by atoms with Crippen molar-refractivity contribution in [3.63, 3.8) is 0 Å². The second kappa shape index (κ2) is 8.35. The molecule has 0 unspecified atom stereocenters. The fourth-order valence-corrected chi connectivity index (χ4v) is 5.03. The third-order valence-electron chi connectivity index (χ3n) is 4.86. The first kappa shape index (κ1) is 20.2. The first-order valence-electron chi connectivity index (χ1n) is 9.10. The van der Waals surface area contributed by atoms with Crippen molar-refractivity contribution in [2.24, 2.45) is 0 Å². The van der Waals surface area contributed by atoms with E-state index < -0.39 is 10.0 Å². The van der Waals surface area contributed by atoms with Gasteiger partial charge in [0, 0.05) is 37.7 Å². The number of nitrogens with one attached hydrogen (secondary N) is 1. The van der Waals surface area contributed by atoms with Gasteiger partial charge in [0.15, 0.2) is 16.6 Å². The molecule has 2 aromatic carbocycles. The quantitative estimate of drug-likeness (QED) is 0.713. The number of hydrogen-bond donors (Lipinski definition) is 1. The van der Waals surface area contributed by atoms with Crippen molar-refractivity contribution in [2.75, 3.05) is 33.0 Å². The van der Waals surface area contributed by atoms with Crippen molar-refractivity contribution in [3.05, 3.63) is 53.1 Å². The molecule has 10 heteroatoms. The first-order chi connectivity index (χ1) is 13.9. The van der Waals surface area contributed by atoms with Gasteiger partial charge in [0.1, 0.15) is 0 Å². The fraction of sp³-hybridized carbons (Fsp3) is 0.316. The van der Waals surface area contributed by atoms with Crippen LogP contribution >= 0.6 is 23.8 Å². The monoisotopic (exact) mass is 453 g/mol. The Kier molecular flexibility index (Phi) is 5.82. The third kappa shape index (κ3) is 4.42. The smallest absolute Gasteiger partial charge is 0.243 e. The Bertz CT molecular complexity index is 1010. The molecule has 2 aliphatic rings. The van der Waals surface area contributed by atoms with Crippen molar-refractivity contribution < 1.29 is 17.9 Å². The SMILES string of the molecule is O=S(=O)(c1ccc(Cl)cc1)N1CCN(C(=S)NCc2ccc3c(c2)OCO3)CC1. The molecule has 2 aliphatic heterocycles. The van der Waals surface area contributed by atoms with E-state index in [1.54, 1.807) is 12.1 Å². The largest absolute Gasteiger partial charge is 0.454 e. The molecular formula is C19H20ClN3O4S2. The predicted molar refractivity (Wildman–Crippen MR) is 114 cm³/mol. The van der Waals surface area contributed by atoms with Gasteiger partial charge in [-0.05, 0) is 54.2 Å². The van der Waals surface area contributed by atoms with Gasteiger partial charge in [-0.2, -0.15) is 4.31 Å². The average Bonchev–Trinajstić information content (AvgIpc) is 3.20. The van der Waals surface area contributed by atoms with Crippen LogP contribution in [0.15, 0.2) is 47.4 Å². The Morgan fingerprint density at radius 1 is 1.03 bits per heavy atom. The minimum atomic E-state index is -3.53. The van der Waals surface area contributed by atoms with Crippen LogP contribution in [-0.2, 0) is 16.6 Å². The molecule has 1 fully saturated rings. The summed E-state index contributed by atoms with van der Waals surface area (Å²) >= 11 is 11.3. The number of nitrogens with zero attached hydrogens (tertiary/aromatic N) is 2. The number of sulfonamides is 1. The number of hydrogen-bond acceptors (Lipinski definition) is 5. The predicted octanol–water partition coefficient (Wildman–Crippen LogP) is 2.45. The van der Waals surface area contributed by atoms with Crippen LogP contribution in [0.2, 0.25) is 5.02 Å². The molecule has 0 bridgehead atoms. The summed E-state index contributed by atoms with van der Waals surface area (Å²) in [6.07, 6.45) is 0.